The molecule has 1 atom stereocenters. The highest BCUT2D eigenvalue weighted by atomic mass is 19.1. The summed E-state index contributed by atoms with van der Waals surface area (Å²) in [4.78, 5) is 24.0. The van der Waals surface area contributed by atoms with Gasteiger partial charge in [-0.15, -0.1) is 0 Å². The Balaban J connectivity index is 2.12. The Labute approximate surface area is 143 Å². The molecule has 0 spiro atoms. The molecule has 2 aliphatic rings. The number of benzene rings is 1. The zero-order chi connectivity index (χ0) is 17.9. The van der Waals surface area contributed by atoms with E-state index in [0.717, 1.165) is 18.9 Å². The number of halogens is 1. The molecule has 1 aromatic carbocycles. The molecule has 132 valence electrons. The second kappa shape index (κ2) is 5.29. The third kappa shape index (κ3) is 2.26. The lowest BCUT2D eigenvalue weighted by Crippen LogP contribution is -2.31. The van der Waals surface area contributed by atoms with Crippen LogP contribution in [0.3, 0.4) is 0 Å². The fourth-order valence-electron chi connectivity index (χ4n) is 3.70. The predicted molar refractivity (Wildman–Crippen MR) is 89.7 cm³/mol. The molecule has 4 rings (SSSR count). The van der Waals surface area contributed by atoms with Crippen molar-refractivity contribution in [3.05, 3.63) is 39.4 Å². The van der Waals surface area contributed by atoms with Gasteiger partial charge in [0.25, 0.3) is 0 Å². The van der Waals surface area contributed by atoms with Crippen LogP contribution in [0.1, 0.15) is 54.6 Å². The lowest BCUT2D eigenvalue weighted by Gasteiger charge is -2.31. The van der Waals surface area contributed by atoms with Crippen LogP contribution in [-0.2, 0) is 5.54 Å². The SMILES string of the molecule is CCCC1COc2c(C3(N)CC3)c(F)cc3c(=O)c(C(=O)O)cn1c23. The number of aromatic carboxylic acids is 1. The van der Waals surface area contributed by atoms with E-state index in [2.05, 4.69) is 0 Å². The maximum Gasteiger partial charge on any atom is 0.341 e. The molecular formula is C18H19FN2O4. The van der Waals surface area contributed by atoms with Gasteiger partial charge >= 0.3 is 5.97 Å². The summed E-state index contributed by atoms with van der Waals surface area (Å²) in [5, 5.41) is 9.38. The van der Waals surface area contributed by atoms with Crippen molar-refractivity contribution in [1.29, 1.82) is 0 Å². The van der Waals surface area contributed by atoms with Gasteiger partial charge < -0.3 is 20.1 Å². The zero-order valence-corrected chi connectivity index (χ0v) is 13.8. The molecule has 0 radical (unpaired) electrons. The Kier molecular flexibility index (Phi) is 3.40. The molecule has 2 heterocycles. The molecule has 1 unspecified atom stereocenters. The van der Waals surface area contributed by atoms with Crippen molar-refractivity contribution in [2.75, 3.05) is 6.61 Å². The first-order chi connectivity index (χ1) is 11.9. The number of ether oxygens (including phenoxy) is 1. The minimum absolute atomic E-state index is 0.0289. The molecule has 6 nitrogen and oxygen atoms in total. The monoisotopic (exact) mass is 346 g/mol. The number of hydrogen-bond donors (Lipinski definition) is 2. The van der Waals surface area contributed by atoms with Crippen LogP contribution in [0, 0.1) is 5.82 Å². The minimum atomic E-state index is -1.32. The van der Waals surface area contributed by atoms with Gasteiger partial charge in [0.2, 0.25) is 5.43 Å². The molecule has 3 N–H and O–H groups in total. The van der Waals surface area contributed by atoms with E-state index < -0.39 is 22.8 Å². The average molecular weight is 346 g/mol. The van der Waals surface area contributed by atoms with Gasteiger partial charge in [-0.1, -0.05) is 13.3 Å². The highest BCUT2D eigenvalue weighted by molar-refractivity contribution is 5.95. The van der Waals surface area contributed by atoms with E-state index in [9.17, 15) is 19.1 Å². The molecule has 1 aliphatic carbocycles. The first-order valence-electron chi connectivity index (χ1n) is 8.44. The van der Waals surface area contributed by atoms with Gasteiger partial charge in [0.1, 0.15) is 18.0 Å². The third-order valence-corrected chi connectivity index (χ3v) is 5.18. The number of rotatable bonds is 4. The Morgan fingerprint density at radius 2 is 2.24 bits per heavy atom. The Hall–Kier alpha value is -2.41. The molecule has 0 amide bonds. The number of carbonyl (C=O) groups is 1. The number of nitrogens with zero attached hydrogens (tertiary/aromatic N) is 1. The van der Waals surface area contributed by atoms with Crippen molar-refractivity contribution >= 4 is 16.9 Å². The summed E-state index contributed by atoms with van der Waals surface area (Å²) >= 11 is 0. The summed E-state index contributed by atoms with van der Waals surface area (Å²) in [5.41, 5.74) is 5.14. The molecule has 1 saturated carbocycles. The summed E-state index contributed by atoms with van der Waals surface area (Å²) in [7, 11) is 0. The van der Waals surface area contributed by atoms with Crippen molar-refractivity contribution in [1.82, 2.24) is 4.57 Å². The molecule has 2 aromatic rings. The maximum absolute atomic E-state index is 14.8. The second-order valence-electron chi connectivity index (χ2n) is 6.95. The molecule has 0 saturated heterocycles. The average Bonchev–Trinajstić information content (AvgIpc) is 3.30. The van der Waals surface area contributed by atoms with Crippen LogP contribution in [0.5, 0.6) is 5.75 Å². The first kappa shape index (κ1) is 16.1. The minimum Gasteiger partial charge on any atom is -0.489 e. The van der Waals surface area contributed by atoms with E-state index in [4.69, 9.17) is 10.5 Å². The highest BCUT2D eigenvalue weighted by Gasteiger charge is 2.46. The van der Waals surface area contributed by atoms with Crippen molar-refractivity contribution in [2.24, 2.45) is 5.73 Å². The normalized spacial score (nSPS) is 20.4. The van der Waals surface area contributed by atoms with E-state index in [1.807, 2.05) is 6.92 Å². The molecule has 25 heavy (non-hydrogen) atoms. The van der Waals surface area contributed by atoms with E-state index in [0.29, 0.717) is 30.5 Å². The molecule has 1 fully saturated rings. The number of carboxylic acid groups (broad SMARTS) is 1. The lowest BCUT2D eigenvalue weighted by atomic mass is 9.97. The van der Waals surface area contributed by atoms with E-state index in [-0.39, 0.29) is 22.7 Å². The lowest BCUT2D eigenvalue weighted by molar-refractivity contribution is 0.0694. The molecular weight excluding hydrogens is 327 g/mol. The van der Waals surface area contributed by atoms with Gasteiger partial charge in [0, 0.05) is 11.7 Å². The third-order valence-electron chi connectivity index (χ3n) is 5.18. The summed E-state index contributed by atoms with van der Waals surface area (Å²) in [6.45, 7) is 2.31. The van der Waals surface area contributed by atoms with E-state index >= 15 is 0 Å². The van der Waals surface area contributed by atoms with Gasteiger partial charge in [0.05, 0.1) is 22.5 Å². The van der Waals surface area contributed by atoms with E-state index in [1.165, 1.54) is 6.20 Å². The molecule has 0 bridgehead atoms. The number of nitrogens with two attached hydrogens (primary N) is 1. The smallest absolute Gasteiger partial charge is 0.341 e. The number of hydrogen-bond acceptors (Lipinski definition) is 4. The number of aromatic nitrogens is 1. The Morgan fingerprint density at radius 3 is 2.84 bits per heavy atom. The van der Waals surface area contributed by atoms with E-state index in [1.54, 1.807) is 4.57 Å². The second-order valence-corrected chi connectivity index (χ2v) is 6.95. The van der Waals surface area contributed by atoms with Gasteiger partial charge in [-0.05, 0) is 25.3 Å². The molecule has 1 aliphatic heterocycles. The fourth-order valence-corrected chi connectivity index (χ4v) is 3.70. The maximum atomic E-state index is 14.8. The molecule has 1 aromatic heterocycles. The number of pyridine rings is 1. The van der Waals surface area contributed by atoms with Gasteiger partial charge in [-0.2, -0.15) is 0 Å². The molecule has 7 heteroatoms. The van der Waals surface area contributed by atoms with Crippen LogP contribution in [0.15, 0.2) is 17.1 Å². The van der Waals surface area contributed by atoms with Crippen LogP contribution < -0.4 is 15.9 Å². The van der Waals surface area contributed by atoms with Crippen molar-refractivity contribution < 1.29 is 19.0 Å². The predicted octanol–water partition coefficient (Wildman–Crippen LogP) is 2.52. The van der Waals surface area contributed by atoms with Gasteiger partial charge in [-0.3, -0.25) is 4.79 Å². The quantitative estimate of drug-likeness (QED) is 0.887. The first-order valence-corrected chi connectivity index (χ1v) is 8.44. The van der Waals surface area contributed by atoms with Crippen LogP contribution in [-0.4, -0.2) is 22.2 Å². The van der Waals surface area contributed by atoms with Crippen molar-refractivity contribution in [2.45, 2.75) is 44.2 Å². The van der Waals surface area contributed by atoms with Crippen LogP contribution in [0.25, 0.3) is 10.9 Å². The van der Waals surface area contributed by atoms with Crippen LogP contribution in [0.4, 0.5) is 4.39 Å². The summed E-state index contributed by atoms with van der Waals surface area (Å²) < 4.78 is 22.4. The van der Waals surface area contributed by atoms with Crippen LogP contribution >= 0.6 is 0 Å². The summed E-state index contributed by atoms with van der Waals surface area (Å²) in [6.07, 6.45) is 4.30. The number of carboxylic acids is 1. The largest absolute Gasteiger partial charge is 0.489 e. The van der Waals surface area contributed by atoms with Crippen molar-refractivity contribution in [3.63, 3.8) is 0 Å². The summed E-state index contributed by atoms with van der Waals surface area (Å²) in [6, 6.07) is 1.01. The van der Waals surface area contributed by atoms with Gasteiger partial charge in [-0.25, -0.2) is 9.18 Å². The topological polar surface area (TPSA) is 94.6 Å². The van der Waals surface area contributed by atoms with Gasteiger partial charge in [0.15, 0.2) is 5.75 Å². The van der Waals surface area contributed by atoms with Crippen molar-refractivity contribution in [3.8, 4) is 5.75 Å². The van der Waals surface area contributed by atoms with Crippen LogP contribution in [0.2, 0.25) is 0 Å². The zero-order valence-electron chi connectivity index (χ0n) is 13.8. The summed E-state index contributed by atoms with van der Waals surface area (Å²) in [5.74, 6) is -1.64. The fraction of sp³-hybridized carbons (Fsp3) is 0.444. The standard InChI is InChI=1S/C18H19FN2O4/c1-2-3-9-8-25-16-13(18(20)4-5-18)12(19)6-10-14(16)21(9)7-11(15(10)22)17(23)24/h6-7,9H,2-5,8,20H2,1H3,(H,23,24). The Bertz CT molecular complexity index is 962. The Morgan fingerprint density at radius 1 is 1.52 bits per heavy atom. The highest BCUT2D eigenvalue weighted by Crippen LogP contribution is 2.50.